The molecule has 0 N–H and O–H groups in total. The minimum absolute atomic E-state index is 0.151. The number of rotatable bonds is 5. The number of hydrogen-bond donors (Lipinski definition) is 0. The maximum atomic E-state index is 11.4. The van der Waals surface area contributed by atoms with E-state index in [1.54, 1.807) is 27.2 Å². The van der Waals surface area contributed by atoms with Gasteiger partial charge in [-0.1, -0.05) is 0 Å². The Bertz CT molecular complexity index is 491. The van der Waals surface area contributed by atoms with E-state index in [0.717, 1.165) is 0 Å². The molecule has 0 unspecified atom stereocenters. The lowest BCUT2D eigenvalue weighted by Gasteiger charge is -2.15. The fraction of sp³-hybridized carbons (Fsp3) is 0.600. The van der Waals surface area contributed by atoms with Crippen LogP contribution in [-0.4, -0.2) is 32.4 Å². The molecule has 0 saturated heterocycles. The molecular weight excluding hydrogens is 258 g/mol. The maximum absolute atomic E-state index is 11.4. The maximum Gasteiger partial charge on any atom is 0.330 e. The zero-order chi connectivity index (χ0) is 14.8. The monoisotopic (exact) mass is 277 g/mol. The van der Waals surface area contributed by atoms with Crippen LogP contribution in [0.1, 0.15) is 13.3 Å². The van der Waals surface area contributed by atoms with Gasteiger partial charge in [0.25, 0.3) is 0 Å². The van der Waals surface area contributed by atoms with Crippen LogP contribution in [-0.2, 0) is 19.0 Å². The molecule has 0 aromatic carbocycles. The van der Waals surface area contributed by atoms with E-state index in [1.807, 2.05) is 6.08 Å². The van der Waals surface area contributed by atoms with Crippen molar-refractivity contribution < 1.29 is 19.0 Å². The molecule has 0 spiro atoms. The fourth-order valence-electron chi connectivity index (χ4n) is 3.03. The predicted octanol–water partition coefficient (Wildman–Crippen LogP) is 1.81. The van der Waals surface area contributed by atoms with Crippen molar-refractivity contribution in [2.75, 3.05) is 20.8 Å². The molecule has 0 bridgehead atoms. The molecule has 0 amide bonds. The van der Waals surface area contributed by atoms with Crippen LogP contribution < -0.4 is 0 Å². The normalized spacial score (nSPS) is 34.9. The highest BCUT2D eigenvalue weighted by molar-refractivity contribution is 5.82. The number of carbonyl (C=O) groups excluding carboxylic acids is 1. The molecule has 1 saturated carbocycles. The summed E-state index contributed by atoms with van der Waals surface area (Å²) in [6.07, 6.45) is 5.79. The van der Waals surface area contributed by atoms with Crippen LogP contribution in [0.15, 0.2) is 24.0 Å². The largest absolute Gasteiger partial charge is 0.500 e. The number of nitriles is 1. The molecule has 0 radical (unpaired) electrons. The summed E-state index contributed by atoms with van der Waals surface area (Å²) in [6, 6.07) is 2.24. The van der Waals surface area contributed by atoms with E-state index in [9.17, 15) is 4.79 Å². The fourth-order valence-corrected chi connectivity index (χ4v) is 3.03. The number of fused-ring (bicyclic) bond motifs is 1. The van der Waals surface area contributed by atoms with Crippen LogP contribution in [0.4, 0.5) is 0 Å². The summed E-state index contributed by atoms with van der Waals surface area (Å²) >= 11 is 0. The Morgan fingerprint density at radius 3 is 2.90 bits per heavy atom. The van der Waals surface area contributed by atoms with Crippen LogP contribution in [0.25, 0.3) is 0 Å². The van der Waals surface area contributed by atoms with Crippen LogP contribution in [0.5, 0.6) is 0 Å². The number of carbonyl (C=O) groups is 1. The average Bonchev–Trinajstić information content (AvgIpc) is 3.10. The van der Waals surface area contributed by atoms with Crippen molar-refractivity contribution in [3.63, 3.8) is 0 Å². The van der Waals surface area contributed by atoms with E-state index in [4.69, 9.17) is 19.5 Å². The number of esters is 1. The number of hydrogen-bond acceptors (Lipinski definition) is 5. The molecule has 2 aliphatic rings. The van der Waals surface area contributed by atoms with Gasteiger partial charge in [-0.2, -0.15) is 5.26 Å². The van der Waals surface area contributed by atoms with Gasteiger partial charge in [-0.25, -0.2) is 4.79 Å². The van der Waals surface area contributed by atoms with Crippen molar-refractivity contribution >= 4 is 5.97 Å². The van der Waals surface area contributed by atoms with Crippen LogP contribution in [0.3, 0.4) is 0 Å². The van der Waals surface area contributed by atoms with E-state index in [0.29, 0.717) is 18.8 Å². The van der Waals surface area contributed by atoms with Crippen molar-refractivity contribution in [1.82, 2.24) is 0 Å². The van der Waals surface area contributed by atoms with Gasteiger partial charge < -0.3 is 14.2 Å². The van der Waals surface area contributed by atoms with Crippen LogP contribution >= 0.6 is 0 Å². The Kier molecular flexibility index (Phi) is 4.15. The molecule has 20 heavy (non-hydrogen) atoms. The zero-order valence-corrected chi connectivity index (χ0v) is 12.0. The summed E-state index contributed by atoms with van der Waals surface area (Å²) in [6.45, 7) is 2.11. The minimum Gasteiger partial charge on any atom is -0.500 e. The van der Waals surface area contributed by atoms with Gasteiger partial charge in [-0.05, 0) is 25.5 Å². The van der Waals surface area contributed by atoms with E-state index in [-0.39, 0.29) is 23.7 Å². The first-order valence-corrected chi connectivity index (χ1v) is 6.69. The molecule has 5 nitrogen and oxygen atoms in total. The average molecular weight is 277 g/mol. The molecule has 0 aromatic rings. The van der Waals surface area contributed by atoms with Gasteiger partial charge in [0.15, 0.2) is 0 Å². The number of methoxy groups -OCH3 is 2. The van der Waals surface area contributed by atoms with E-state index in [2.05, 4.69) is 6.07 Å². The second-order valence-electron chi connectivity index (χ2n) is 4.97. The third kappa shape index (κ3) is 2.32. The number of allylic oxidation sites excluding steroid dienone is 1. The highest BCUT2D eigenvalue weighted by atomic mass is 16.5. The van der Waals surface area contributed by atoms with E-state index in [1.165, 1.54) is 6.08 Å². The Morgan fingerprint density at radius 1 is 1.60 bits per heavy atom. The third-order valence-corrected chi connectivity index (χ3v) is 4.11. The first-order valence-electron chi connectivity index (χ1n) is 6.69. The van der Waals surface area contributed by atoms with Crippen LogP contribution in [0.2, 0.25) is 0 Å². The molecule has 108 valence electrons. The number of ether oxygens (including phenoxy) is 3. The molecule has 0 aromatic heterocycles. The topological polar surface area (TPSA) is 68.6 Å². The van der Waals surface area contributed by atoms with Crippen molar-refractivity contribution in [1.29, 1.82) is 5.26 Å². The Labute approximate surface area is 118 Å². The van der Waals surface area contributed by atoms with Gasteiger partial charge in [0.2, 0.25) is 0 Å². The summed E-state index contributed by atoms with van der Waals surface area (Å²) in [4.78, 5) is 11.4. The van der Waals surface area contributed by atoms with Gasteiger partial charge >= 0.3 is 5.97 Å². The Hall–Kier alpha value is -1.80. The third-order valence-electron chi connectivity index (χ3n) is 4.11. The SMILES string of the molecule is CCOC(=O)/C=C/[C@@]1(OC)[C@@H]2C=C(OC)[C@@H](C#N)C[C@@H]21. The van der Waals surface area contributed by atoms with E-state index < -0.39 is 5.60 Å². The standard InChI is InChI=1S/C15H19NO4/c1-4-20-14(17)5-6-15(19-3)11-7-10(9-16)13(18-2)8-12(11)15/h5-6,8,10-12H,4,7H2,1-3H3/b6-5+/t10-,11+,12-,15+/m1/s1. The second-order valence-corrected chi connectivity index (χ2v) is 4.97. The second kappa shape index (κ2) is 5.68. The summed E-state index contributed by atoms with van der Waals surface area (Å²) < 4.78 is 15.7. The summed E-state index contributed by atoms with van der Waals surface area (Å²) in [5.41, 5.74) is -0.512. The molecule has 2 rings (SSSR count). The minimum atomic E-state index is -0.512. The van der Waals surface area contributed by atoms with Gasteiger partial charge in [-0.3, -0.25) is 0 Å². The summed E-state index contributed by atoms with van der Waals surface area (Å²) in [5, 5.41) is 9.16. The Morgan fingerprint density at radius 2 is 2.35 bits per heavy atom. The van der Waals surface area contributed by atoms with Crippen LogP contribution in [0, 0.1) is 29.1 Å². The first-order chi connectivity index (χ1) is 9.62. The van der Waals surface area contributed by atoms with Crippen molar-refractivity contribution in [2.24, 2.45) is 17.8 Å². The zero-order valence-electron chi connectivity index (χ0n) is 12.0. The van der Waals surface area contributed by atoms with Crippen molar-refractivity contribution in [2.45, 2.75) is 18.9 Å². The van der Waals surface area contributed by atoms with Crippen molar-refractivity contribution in [3.8, 4) is 6.07 Å². The predicted molar refractivity (Wildman–Crippen MR) is 71.3 cm³/mol. The van der Waals surface area contributed by atoms with E-state index >= 15 is 0 Å². The summed E-state index contributed by atoms with van der Waals surface area (Å²) in [7, 11) is 3.19. The molecule has 5 heteroatoms. The number of nitrogens with zero attached hydrogens (tertiary/aromatic N) is 1. The first kappa shape index (κ1) is 14.6. The van der Waals surface area contributed by atoms with Gasteiger partial charge in [0, 0.05) is 25.0 Å². The molecular formula is C15H19NO4. The van der Waals surface area contributed by atoms with Gasteiger partial charge in [0.1, 0.15) is 11.7 Å². The van der Waals surface area contributed by atoms with Gasteiger partial charge in [0.05, 0.1) is 25.4 Å². The molecule has 0 heterocycles. The molecule has 4 atom stereocenters. The smallest absolute Gasteiger partial charge is 0.330 e. The van der Waals surface area contributed by atoms with Crippen molar-refractivity contribution in [3.05, 3.63) is 24.0 Å². The quantitative estimate of drug-likeness (QED) is 0.566. The lowest BCUT2D eigenvalue weighted by Crippen LogP contribution is -2.15. The Balaban J connectivity index is 2.15. The highest BCUT2D eigenvalue weighted by Crippen LogP contribution is 2.61. The highest BCUT2D eigenvalue weighted by Gasteiger charge is 2.65. The van der Waals surface area contributed by atoms with Gasteiger partial charge in [-0.15, -0.1) is 0 Å². The molecule has 1 fully saturated rings. The molecule has 2 aliphatic carbocycles. The lowest BCUT2D eigenvalue weighted by atomic mass is 9.95. The lowest BCUT2D eigenvalue weighted by molar-refractivity contribution is -0.137. The molecule has 0 aliphatic heterocycles. The summed E-state index contributed by atoms with van der Waals surface area (Å²) in [5.74, 6) is 0.436.